The Labute approximate surface area is 144 Å². The molecule has 1 fully saturated rings. The van der Waals surface area contributed by atoms with E-state index in [0.717, 1.165) is 25.0 Å². The summed E-state index contributed by atoms with van der Waals surface area (Å²) in [5, 5.41) is 2.91. The molecular formula is C17H26N2O4S. The first-order valence-electron chi connectivity index (χ1n) is 8.16. The molecule has 1 aliphatic rings. The molecule has 1 N–H and O–H groups in total. The predicted molar refractivity (Wildman–Crippen MR) is 92.6 cm³/mol. The number of rotatable bonds is 7. The molecule has 1 saturated heterocycles. The standard InChI is InChI=1S/C17H26N2O4S/c1-13(14-6-8-16(9-7-14)24(3,21)22)19(2)12-17(20)18-11-15-5-4-10-23-15/h6-9,13,15H,4-5,10-12H2,1-3H3,(H,18,20). The van der Waals surface area contributed by atoms with Crippen molar-refractivity contribution in [2.45, 2.75) is 36.8 Å². The highest BCUT2D eigenvalue weighted by Gasteiger charge is 2.19. The highest BCUT2D eigenvalue weighted by Crippen LogP contribution is 2.20. The van der Waals surface area contributed by atoms with Crippen LogP contribution in [0.15, 0.2) is 29.2 Å². The van der Waals surface area contributed by atoms with E-state index in [1.807, 2.05) is 18.9 Å². The van der Waals surface area contributed by atoms with Crippen molar-refractivity contribution in [3.8, 4) is 0 Å². The number of likely N-dealkylation sites (N-methyl/N-ethyl adjacent to an activating group) is 1. The van der Waals surface area contributed by atoms with Crippen LogP contribution < -0.4 is 5.32 Å². The van der Waals surface area contributed by atoms with Gasteiger partial charge in [-0.1, -0.05) is 12.1 Å². The highest BCUT2D eigenvalue weighted by atomic mass is 32.2. The fourth-order valence-corrected chi connectivity index (χ4v) is 3.33. The van der Waals surface area contributed by atoms with E-state index in [2.05, 4.69) is 5.32 Å². The number of nitrogens with zero attached hydrogens (tertiary/aromatic N) is 1. The van der Waals surface area contributed by atoms with Gasteiger partial charge in [0.1, 0.15) is 0 Å². The third-order valence-electron chi connectivity index (χ3n) is 4.40. The van der Waals surface area contributed by atoms with Crippen molar-refractivity contribution in [2.75, 3.05) is 33.0 Å². The van der Waals surface area contributed by atoms with Crippen molar-refractivity contribution in [3.63, 3.8) is 0 Å². The van der Waals surface area contributed by atoms with Gasteiger partial charge in [0.2, 0.25) is 5.91 Å². The average Bonchev–Trinajstić information content (AvgIpc) is 3.05. The van der Waals surface area contributed by atoms with Gasteiger partial charge in [-0.3, -0.25) is 9.69 Å². The molecular weight excluding hydrogens is 328 g/mol. The van der Waals surface area contributed by atoms with Crippen molar-refractivity contribution < 1.29 is 17.9 Å². The van der Waals surface area contributed by atoms with Crippen LogP contribution in [0.1, 0.15) is 31.4 Å². The van der Waals surface area contributed by atoms with Crippen LogP contribution in [0.2, 0.25) is 0 Å². The molecule has 0 saturated carbocycles. The van der Waals surface area contributed by atoms with Gasteiger partial charge in [0.05, 0.1) is 17.5 Å². The number of nitrogens with one attached hydrogen (secondary N) is 1. The summed E-state index contributed by atoms with van der Waals surface area (Å²) >= 11 is 0. The second-order valence-electron chi connectivity index (χ2n) is 6.37. The lowest BCUT2D eigenvalue weighted by atomic mass is 10.1. The number of carbonyl (C=O) groups is 1. The third kappa shape index (κ3) is 5.29. The number of ether oxygens (including phenoxy) is 1. The summed E-state index contributed by atoms with van der Waals surface area (Å²) in [7, 11) is -1.31. The maximum Gasteiger partial charge on any atom is 0.234 e. The monoisotopic (exact) mass is 354 g/mol. The number of sulfone groups is 1. The highest BCUT2D eigenvalue weighted by molar-refractivity contribution is 7.90. The van der Waals surface area contributed by atoms with Crippen LogP contribution in [0.4, 0.5) is 0 Å². The minimum absolute atomic E-state index is 0.00657. The number of amides is 1. The quantitative estimate of drug-likeness (QED) is 0.801. The van der Waals surface area contributed by atoms with E-state index in [1.54, 1.807) is 24.3 Å². The zero-order valence-electron chi connectivity index (χ0n) is 14.5. The van der Waals surface area contributed by atoms with Gasteiger partial charge in [-0.15, -0.1) is 0 Å². The fourth-order valence-electron chi connectivity index (χ4n) is 2.70. The maximum absolute atomic E-state index is 12.0. The first-order valence-corrected chi connectivity index (χ1v) is 10.0. The van der Waals surface area contributed by atoms with E-state index in [4.69, 9.17) is 4.74 Å². The van der Waals surface area contributed by atoms with E-state index < -0.39 is 9.84 Å². The van der Waals surface area contributed by atoms with Crippen LogP contribution >= 0.6 is 0 Å². The van der Waals surface area contributed by atoms with Crippen molar-refractivity contribution in [2.24, 2.45) is 0 Å². The Hall–Kier alpha value is -1.44. The molecule has 2 unspecified atom stereocenters. The van der Waals surface area contributed by atoms with E-state index in [1.165, 1.54) is 6.26 Å². The van der Waals surface area contributed by atoms with Crippen LogP contribution in [0.5, 0.6) is 0 Å². The average molecular weight is 354 g/mol. The molecule has 1 heterocycles. The maximum atomic E-state index is 12.0. The minimum Gasteiger partial charge on any atom is -0.376 e. The molecule has 1 aromatic carbocycles. The molecule has 2 atom stereocenters. The molecule has 1 aromatic rings. The fraction of sp³-hybridized carbons (Fsp3) is 0.588. The van der Waals surface area contributed by atoms with Crippen molar-refractivity contribution >= 4 is 15.7 Å². The minimum atomic E-state index is -3.19. The molecule has 24 heavy (non-hydrogen) atoms. The van der Waals surface area contributed by atoms with Gasteiger partial charge >= 0.3 is 0 Å². The van der Waals surface area contributed by atoms with Gasteiger partial charge in [0, 0.05) is 25.4 Å². The van der Waals surface area contributed by atoms with Gasteiger partial charge < -0.3 is 10.1 Å². The zero-order valence-corrected chi connectivity index (χ0v) is 15.3. The van der Waals surface area contributed by atoms with Crippen LogP contribution in [0.25, 0.3) is 0 Å². The molecule has 0 spiro atoms. The Morgan fingerprint density at radius 2 is 2.04 bits per heavy atom. The summed E-state index contributed by atoms with van der Waals surface area (Å²) in [6.07, 6.45) is 3.39. The SMILES string of the molecule is CC(c1ccc(S(C)(=O)=O)cc1)N(C)CC(=O)NCC1CCCO1. The number of hydrogen-bond acceptors (Lipinski definition) is 5. The van der Waals surface area contributed by atoms with E-state index in [-0.39, 0.29) is 24.6 Å². The second kappa shape index (κ2) is 8.09. The lowest BCUT2D eigenvalue weighted by molar-refractivity contribution is -0.122. The lowest BCUT2D eigenvalue weighted by Gasteiger charge is -2.25. The van der Waals surface area contributed by atoms with Crippen LogP contribution in [0.3, 0.4) is 0 Å². The molecule has 2 rings (SSSR count). The topological polar surface area (TPSA) is 75.7 Å². The second-order valence-corrected chi connectivity index (χ2v) is 8.39. The van der Waals surface area contributed by atoms with Crippen molar-refractivity contribution in [1.82, 2.24) is 10.2 Å². The summed E-state index contributed by atoms with van der Waals surface area (Å²) in [6, 6.07) is 6.80. The number of hydrogen-bond donors (Lipinski definition) is 1. The van der Waals surface area contributed by atoms with Gasteiger partial charge in [0.15, 0.2) is 9.84 Å². The molecule has 7 heteroatoms. The van der Waals surface area contributed by atoms with E-state index in [9.17, 15) is 13.2 Å². The zero-order chi connectivity index (χ0) is 17.7. The smallest absolute Gasteiger partial charge is 0.234 e. The van der Waals surface area contributed by atoms with Crippen LogP contribution in [-0.2, 0) is 19.4 Å². The molecule has 0 aromatic heterocycles. The first-order chi connectivity index (χ1) is 11.3. The Kier molecular flexibility index (Phi) is 6.37. The Bertz CT molecular complexity index is 652. The Balaban J connectivity index is 1.86. The summed E-state index contributed by atoms with van der Waals surface area (Å²) in [6.45, 7) is 3.61. The predicted octanol–water partition coefficient (Wildman–Crippen LogP) is 1.38. The van der Waals surface area contributed by atoms with Gasteiger partial charge in [-0.2, -0.15) is 0 Å². The first kappa shape index (κ1) is 18.9. The molecule has 6 nitrogen and oxygen atoms in total. The summed E-state index contributed by atoms with van der Waals surface area (Å²) < 4.78 is 28.5. The summed E-state index contributed by atoms with van der Waals surface area (Å²) in [5.41, 5.74) is 0.969. The molecule has 134 valence electrons. The molecule has 1 amide bonds. The van der Waals surface area contributed by atoms with E-state index >= 15 is 0 Å². The van der Waals surface area contributed by atoms with Gasteiger partial charge in [0.25, 0.3) is 0 Å². The lowest BCUT2D eigenvalue weighted by Crippen LogP contribution is -2.39. The largest absolute Gasteiger partial charge is 0.376 e. The molecule has 0 aliphatic carbocycles. The third-order valence-corrected chi connectivity index (χ3v) is 5.52. The van der Waals surface area contributed by atoms with Crippen molar-refractivity contribution in [1.29, 1.82) is 0 Å². The van der Waals surface area contributed by atoms with Gasteiger partial charge in [-0.05, 0) is 44.5 Å². The van der Waals surface area contributed by atoms with Crippen LogP contribution in [0, 0.1) is 0 Å². The summed E-state index contributed by atoms with van der Waals surface area (Å²) in [4.78, 5) is 14.3. The number of benzene rings is 1. The Morgan fingerprint density at radius 3 is 2.58 bits per heavy atom. The van der Waals surface area contributed by atoms with Crippen LogP contribution in [-0.4, -0.2) is 58.3 Å². The normalized spacial score (nSPS) is 19.4. The Morgan fingerprint density at radius 1 is 1.38 bits per heavy atom. The number of carbonyl (C=O) groups excluding carboxylic acids is 1. The van der Waals surface area contributed by atoms with E-state index in [0.29, 0.717) is 11.4 Å². The van der Waals surface area contributed by atoms with Gasteiger partial charge in [-0.25, -0.2) is 8.42 Å². The molecule has 1 aliphatic heterocycles. The van der Waals surface area contributed by atoms with Crippen molar-refractivity contribution in [3.05, 3.63) is 29.8 Å². The molecule has 0 radical (unpaired) electrons. The summed E-state index contributed by atoms with van der Waals surface area (Å²) in [5.74, 6) is -0.0346. The molecule has 0 bridgehead atoms.